The summed E-state index contributed by atoms with van der Waals surface area (Å²) < 4.78 is 0. The lowest BCUT2D eigenvalue weighted by molar-refractivity contribution is -0.127. The predicted molar refractivity (Wildman–Crippen MR) is 47.1 cm³/mol. The first kappa shape index (κ1) is 10.2. The van der Waals surface area contributed by atoms with Gasteiger partial charge in [-0.15, -0.1) is 0 Å². The molecular weight excluding hydrogens is 170 g/mol. The summed E-state index contributed by atoms with van der Waals surface area (Å²) in [4.78, 5) is 21.6. The predicted octanol–water partition coefficient (Wildman–Crippen LogP) is -0.146. The van der Waals surface area contributed by atoms with Crippen molar-refractivity contribution in [3.63, 3.8) is 0 Å². The Morgan fingerprint density at radius 1 is 1.46 bits per heavy atom. The van der Waals surface area contributed by atoms with Gasteiger partial charge in [0.1, 0.15) is 5.78 Å². The number of rotatable bonds is 5. The van der Waals surface area contributed by atoms with Crippen molar-refractivity contribution in [1.82, 2.24) is 5.32 Å². The Morgan fingerprint density at radius 3 is 2.46 bits per heavy atom. The van der Waals surface area contributed by atoms with Crippen molar-refractivity contribution in [2.75, 3.05) is 13.2 Å². The SMILES string of the molecule is CC(=O)CC(=O)NCC1(CO)CC1. The van der Waals surface area contributed by atoms with E-state index in [9.17, 15) is 9.59 Å². The van der Waals surface area contributed by atoms with Crippen LogP contribution in [0.1, 0.15) is 26.2 Å². The molecule has 1 rings (SSSR count). The summed E-state index contributed by atoms with van der Waals surface area (Å²) in [5, 5.41) is 11.6. The molecule has 0 radical (unpaired) electrons. The zero-order valence-corrected chi connectivity index (χ0v) is 7.80. The minimum atomic E-state index is -0.243. The van der Waals surface area contributed by atoms with Crippen molar-refractivity contribution in [3.05, 3.63) is 0 Å². The third-order valence-electron chi connectivity index (χ3n) is 2.36. The lowest BCUT2D eigenvalue weighted by Gasteiger charge is -2.11. The molecule has 1 saturated carbocycles. The molecule has 1 aliphatic rings. The second-order valence-electron chi connectivity index (χ2n) is 3.81. The number of nitrogens with one attached hydrogen (secondary N) is 1. The van der Waals surface area contributed by atoms with Gasteiger partial charge in [0.2, 0.25) is 5.91 Å². The molecule has 4 nitrogen and oxygen atoms in total. The molecule has 0 saturated heterocycles. The molecule has 0 atom stereocenters. The summed E-state index contributed by atoms with van der Waals surface area (Å²) in [6.45, 7) is 2.00. The van der Waals surface area contributed by atoms with Crippen LogP contribution in [-0.2, 0) is 9.59 Å². The molecule has 0 aromatic rings. The Morgan fingerprint density at radius 2 is 2.08 bits per heavy atom. The highest BCUT2D eigenvalue weighted by Gasteiger charge is 2.41. The van der Waals surface area contributed by atoms with Gasteiger partial charge < -0.3 is 10.4 Å². The average molecular weight is 185 g/mol. The number of aliphatic hydroxyl groups excluding tert-OH is 1. The van der Waals surface area contributed by atoms with Crippen LogP contribution in [0.2, 0.25) is 0 Å². The standard InChI is InChI=1S/C9H15NO3/c1-7(12)4-8(13)10-5-9(6-11)2-3-9/h11H,2-6H2,1H3,(H,10,13). The van der Waals surface area contributed by atoms with Crippen LogP contribution in [0.5, 0.6) is 0 Å². The molecule has 0 heterocycles. The second-order valence-corrected chi connectivity index (χ2v) is 3.81. The molecule has 0 unspecified atom stereocenters. The van der Waals surface area contributed by atoms with Crippen molar-refractivity contribution < 1.29 is 14.7 Å². The topological polar surface area (TPSA) is 66.4 Å². The number of ketones is 1. The van der Waals surface area contributed by atoms with Crippen LogP contribution in [0.4, 0.5) is 0 Å². The molecule has 74 valence electrons. The Bertz CT molecular complexity index is 221. The number of Topliss-reactive ketones (excluding diaryl/α,β-unsaturated/α-hetero) is 1. The summed E-state index contributed by atoms with van der Waals surface area (Å²) in [7, 11) is 0. The Hall–Kier alpha value is -0.900. The fraction of sp³-hybridized carbons (Fsp3) is 0.778. The van der Waals surface area contributed by atoms with Crippen LogP contribution in [0.3, 0.4) is 0 Å². The van der Waals surface area contributed by atoms with Gasteiger partial charge in [-0.05, 0) is 19.8 Å². The highest BCUT2D eigenvalue weighted by molar-refractivity contribution is 5.96. The average Bonchev–Trinajstić information content (AvgIpc) is 2.80. The van der Waals surface area contributed by atoms with E-state index >= 15 is 0 Å². The molecule has 0 aromatic carbocycles. The number of amides is 1. The zero-order chi connectivity index (χ0) is 9.90. The quantitative estimate of drug-likeness (QED) is 0.585. The van der Waals surface area contributed by atoms with Gasteiger partial charge in [0.05, 0.1) is 13.0 Å². The van der Waals surface area contributed by atoms with Gasteiger partial charge in [-0.1, -0.05) is 0 Å². The molecule has 2 N–H and O–H groups in total. The van der Waals surface area contributed by atoms with Crippen molar-refractivity contribution in [3.8, 4) is 0 Å². The normalized spacial score (nSPS) is 18.0. The van der Waals surface area contributed by atoms with Gasteiger partial charge in [0.15, 0.2) is 0 Å². The summed E-state index contributed by atoms with van der Waals surface area (Å²) in [6.07, 6.45) is 1.87. The van der Waals surface area contributed by atoms with E-state index < -0.39 is 0 Å². The van der Waals surface area contributed by atoms with Crippen molar-refractivity contribution in [1.29, 1.82) is 0 Å². The zero-order valence-electron chi connectivity index (χ0n) is 7.80. The van der Waals surface area contributed by atoms with E-state index in [4.69, 9.17) is 5.11 Å². The number of aliphatic hydroxyl groups is 1. The fourth-order valence-electron chi connectivity index (χ4n) is 1.14. The molecule has 1 amide bonds. The maximum absolute atomic E-state index is 11.0. The molecule has 13 heavy (non-hydrogen) atoms. The highest BCUT2D eigenvalue weighted by Crippen LogP contribution is 2.44. The van der Waals surface area contributed by atoms with Gasteiger partial charge in [-0.2, -0.15) is 0 Å². The first-order valence-electron chi connectivity index (χ1n) is 4.45. The largest absolute Gasteiger partial charge is 0.396 e. The van der Waals surface area contributed by atoms with Crippen molar-refractivity contribution >= 4 is 11.7 Å². The molecule has 0 aliphatic heterocycles. The maximum Gasteiger partial charge on any atom is 0.227 e. The van der Waals surface area contributed by atoms with Gasteiger partial charge >= 0.3 is 0 Å². The minimum Gasteiger partial charge on any atom is -0.396 e. The molecule has 4 heteroatoms. The van der Waals surface area contributed by atoms with Crippen LogP contribution in [0, 0.1) is 5.41 Å². The first-order valence-corrected chi connectivity index (χ1v) is 4.45. The smallest absolute Gasteiger partial charge is 0.227 e. The van der Waals surface area contributed by atoms with Crippen LogP contribution in [-0.4, -0.2) is 29.9 Å². The lowest BCUT2D eigenvalue weighted by Crippen LogP contribution is -2.32. The van der Waals surface area contributed by atoms with Gasteiger partial charge in [0, 0.05) is 12.0 Å². The second kappa shape index (κ2) is 3.87. The van der Waals surface area contributed by atoms with E-state index in [1.807, 2.05) is 0 Å². The summed E-state index contributed by atoms with van der Waals surface area (Å²) >= 11 is 0. The van der Waals surface area contributed by atoms with Crippen molar-refractivity contribution in [2.45, 2.75) is 26.2 Å². The summed E-state index contributed by atoms with van der Waals surface area (Å²) in [5.74, 6) is -0.376. The van der Waals surface area contributed by atoms with Crippen LogP contribution >= 0.6 is 0 Å². The minimum absolute atomic E-state index is 0.0541. The van der Waals surface area contributed by atoms with Crippen LogP contribution < -0.4 is 5.32 Å². The van der Waals surface area contributed by atoms with Gasteiger partial charge in [-0.3, -0.25) is 9.59 Å². The molecule has 0 spiro atoms. The summed E-state index contributed by atoms with van der Waals surface area (Å²) in [6, 6.07) is 0. The third-order valence-corrected chi connectivity index (χ3v) is 2.36. The van der Waals surface area contributed by atoms with E-state index in [0.717, 1.165) is 12.8 Å². The van der Waals surface area contributed by atoms with Crippen LogP contribution in [0.15, 0.2) is 0 Å². The number of carbonyl (C=O) groups is 2. The maximum atomic E-state index is 11.0. The van der Waals surface area contributed by atoms with Gasteiger partial charge in [-0.25, -0.2) is 0 Å². The first-order chi connectivity index (χ1) is 6.08. The van der Waals surface area contributed by atoms with E-state index in [1.165, 1.54) is 6.92 Å². The third kappa shape index (κ3) is 3.14. The highest BCUT2D eigenvalue weighted by atomic mass is 16.3. The molecular formula is C9H15NO3. The molecule has 1 aliphatic carbocycles. The van der Waals surface area contributed by atoms with Crippen LogP contribution in [0.25, 0.3) is 0 Å². The number of hydrogen-bond donors (Lipinski definition) is 2. The van der Waals surface area contributed by atoms with E-state index in [-0.39, 0.29) is 30.1 Å². The monoisotopic (exact) mass is 185 g/mol. The van der Waals surface area contributed by atoms with E-state index in [2.05, 4.69) is 5.32 Å². The van der Waals surface area contributed by atoms with E-state index in [0.29, 0.717) is 6.54 Å². The van der Waals surface area contributed by atoms with Gasteiger partial charge in [0.25, 0.3) is 0 Å². The number of hydrogen-bond acceptors (Lipinski definition) is 3. The fourth-order valence-corrected chi connectivity index (χ4v) is 1.14. The van der Waals surface area contributed by atoms with E-state index in [1.54, 1.807) is 0 Å². The molecule has 0 bridgehead atoms. The Balaban J connectivity index is 2.19. The lowest BCUT2D eigenvalue weighted by atomic mass is 10.1. The summed E-state index contributed by atoms with van der Waals surface area (Å²) in [5.41, 5.74) is -0.0769. The van der Waals surface area contributed by atoms with Crippen molar-refractivity contribution in [2.24, 2.45) is 5.41 Å². The molecule has 0 aromatic heterocycles. The Labute approximate surface area is 77.3 Å². The number of carbonyl (C=O) groups excluding carboxylic acids is 2. The Kier molecular flexibility index (Phi) is 3.03. The molecule has 1 fully saturated rings.